The van der Waals surface area contributed by atoms with Crippen molar-refractivity contribution in [3.8, 4) is 0 Å². The summed E-state index contributed by atoms with van der Waals surface area (Å²) in [6.07, 6.45) is 14.6. The van der Waals surface area contributed by atoms with Gasteiger partial charge in [0.2, 0.25) is 5.89 Å². The fraction of sp³-hybridized carbons (Fsp3) is 0.875. The van der Waals surface area contributed by atoms with Gasteiger partial charge in [0.15, 0.2) is 5.82 Å². The van der Waals surface area contributed by atoms with Crippen LogP contribution in [0.4, 0.5) is 0 Å². The standard InChI is InChI=1S/C16H27N3O/c17-16(10-6-1-2-7-11-16)15-18-14(20-19-15)12-13-8-4-3-5-9-13/h13H,1-12,17H2. The van der Waals surface area contributed by atoms with Gasteiger partial charge in [-0.1, -0.05) is 50.1 Å². The van der Waals surface area contributed by atoms with Gasteiger partial charge in [-0.15, -0.1) is 0 Å². The van der Waals surface area contributed by atoms with Crippen molar-refractivity contribution in [2.45, 2.75) is 82.6 Å². The zero-order valence-corrected chi connectivity index (χ0v) is 12.4. The van der Waals surface area contributed by atoms with Gasteiger partial charge in [-0.05, 0) is 31.6 Å². The van der Waals surface area contributed by atoms with Crippen molar-refractivity contribution < 1.29 is 4.52 Å². The van der Waals surface area contributed by atoms with Crippen LogP contribution >= 0.6 is 0 Å². The second-order valence-electron chi connectivity index (χ2n) is 6.79. The highest BCUT2D eigenvalue weighted by atomic mass is 16.5. The molecule has 2 aliphatic rings. The molecule has 3 rings (SSSR count). The van der Waals surface area contributed by atoms with Gasteiger partial charge in [-0.3, -0.25) is 0 Å². The molecule has 1 heterocycles. The lowest BCUT2D eigenvalue weighted by atomic mass is 9.87. The molecule has 0 bridgehead atoms. The first-order chi connectivity index (χ1) is 9.76. The van der Waals surface area contributed by atoms with E-state index in [0.29, 0.717) is 0 Å². The van der Waals surface area contributed by atoms with Crippen molar-refractivity contribution in [3.63, 3.8) is 0 Å². The molecule has 0 atom stereocenters. The van der Waals surface area contributed by atoms with Crippen molar-refractivity contribution in [1.29, 1.82) is 0 Å². The molecule has 112 valence electrons. The van der Waals surface area contributed by atoms with E-state index in [1.807, 2.05) is 0 Å². The predicted octanol–water partition coefficient (Wildman–Crippen LogP) is 3.70. The highest BCUT2D eigenvalue weighted by molar-refractivity contribution is 5.05. The minimum atomic E-state index is -0.342. The van der Waals surface area contributed by atoms with Gasteiger partial charge in [0.05, 0.1) is 5.54 Å². The summed E-state index contributed by atoms with van der Waals surface area (Å²) in [4.78, 5) is 4.64. The van der Waals surface area contributed by atoms with Crippen molar-refractivity contribution in [3.05, 3.63) is 11.7 Å². The molecule has 0 radical (unpaired) electrons. The molecule has 4 heteroatoms. The van der Waals surface area contributed by atoms with E-state index in [2.05, 4.69) is 10.1 Å². The van der Waals surface area contributed by atoms with Gasteiger partial charge in [-0.25, -0.2) is 0 Å². The van der Waals surface area contributed by atoms with E-state index in [4.69, 9.17) is 10.3 Å². The lowest BCUT2D eigenvalue weighted by Crippen LogP contribution is -2.37. The minimum Gasteiger partial charge on any atom is -0.339 e. The van der Waals surface area contributed by atoms with Gasteiger partial charge in [0.1, 0.15) is 0 Å². The molecule has 0 saturated heterocycles. The topological polar surface area (TPSA) is 64.9 Å². The molecular formula is C16H27N3O. The Labute approximate surface area is 121 Å². The van der Waals surface area contributed by atoms with Crippen LogP contribution < -0.4 is 5.73 Å². The summed E-state index contributed by atoms with van der Waals surface area (Å²) < 4.78 is 5.49. The molecule has 0 spiro atoms. The van der Waals surface area contributed by atoms with Crippen LogP contribution in [0.15, 0.2) is 4.52 Å². The predicted molar refractivity (Wildman–Crippen MR) is 78.1 cm³/mol. The Kier molecular flexibility index (Phi) is 4.39. The van der Waals surface area contributed by atoms with Gasteiger partial charge in [-0.2, -0.15) is 4.98 Å². The maximum absolute atomic E-state index is 6.54. The van der Waals surface area contributed by atoms with Crippen molar-refractivity contribution >= 4 is 0 Å². The number of aromatic nitrogens is 2. The van der Waals surface area contributed by atoms with Crippen LogP contribution in [0.2, 0.25) is 0 Å². The smallest absolute Gasteiger partial charge is 0.226 e. The lowest BCUT2D eigenvalue weighted by Gasteiger charge is -2.23. The van der Waals surface area contributed by atoms with Crippen LogP contribution in [0.1, 0.15) is 82.3 Å². The summed E-state index contributed by atoms with van der Waals surface area (Å²) in [6.45, 7) is 0. The lowest BCUT2D eigenvalue weighted by molar-refractivity contribution is 0.295. The fourth-order valence-electron chi connectivity index (χ4n) is 3.76. The average Bonchev–Trinajstić information content (AvgIpc) is 2.82. The SMILES string of the molecule is NC1(c2noc(CC3CCCCC3)n2)CCCCCC1. The van der Waals surface area contributed by atoms with Crippen LogP contribution in [0.25, 0.3) is 0 Å². The maximum Gasteiger partial charge on any atom is 0.226 e. The first-order valence-electron chi connectivity index (χ1n) is 8.38. The largest absolute Gasteiger partial charge is 0.339 e. The zero-order valence-electron chi connectivity index (χ0n) is 12.4. The number of rotatable bonds is 3. The van der Waals surface area contributed by atoms with E-state index in [9.17, 15) is 0 Å². The molecule has 0 amide bonds. The van der Waals surface area contributed by atoms with Crippen LogP contribution in [0, 0.1) is 5.92 Å². The molecule has 0 aromatic carbocycles. The summed E-state index contributed by atoms with van der Waals surface area (Å²) in [7, 11) is 0. The number of hydrogen-bond acceptors (Lipinski definition) is 4. The van der Waals surface area contributed by atoms with Gasteiger partial charge in [0.25, 0.3) is 0 Å². The molecule has 2 aliphatic carbocycles. The quantitative estimate of drug-likeness (QED) is 0.855. The van der Waals surface area contributed by atoms with Crippen molar-refractivity contribution in [2.75, 3.05) is 0 Å². The summed E-state index contributed by atoms with van der Waals surface area (Å²) in [5.41, 5.74) is 6.20. The van der Waals surface area contributed by atoms with Crippen LogP contribution in [0.5, 0.6) is 0 Å². The molecule has 2 N–H and O–H groups in total. The minimum absolute atomic E-state index is 0.342. The molecule has 0 aliphatic heterocycles. The second-order valence-corrected chi connectivity index (χ2v) is 6.79. The molecule has 4 nitrogen and oxygen atoms in total. The van der Waals surface area contributed by atoms with E-state index >= 15 is 0 Å². The average molecular weight is 277 g/mol. The Morgan fingerprint density at radius 3 is 2.35 bits per heavy atom. The van der Waals surface area contributed by atoms with Crippen LogP contribution in [-0.2, 0) is 12.0 Å². The second kappa shape index (κ2) is 6.25. The molecule has 20 heavy (non-hydrogen) atoms. The monoisotopic (exact) mass is 277 g/mol. The van der Waals surface area contributed by atoms with Gasteiger partial charge >= 0.3 is 0 Å². The summed E-state index contributed by atoms with van der Waals surface area (Å²) in [6, 6.07) is 0. The Morgan fingerprint density at radius 1 is 1.00 bits per heavy atom. The molecular weight excluding hydrogens is 250 g/mol. The van der Waals surface area contributed by atoms with E-state index in [1.54, 1.807) is 0 Å². The molecule has 1 aromatic heterocycles. The van der Waals surface area contributed by atoms with Crippen LogP contribution in [0.3, 0.4) is 0 Å². The number of nitrogens with two attached hydrogens (primary N) is 1. The highest BCUT2D eigenvalue weighted by Crippen LogP contribution is 2.33. The Bertz CT molecular complexity index is 415. The maximum atomic E-state index is 6.54. The van der Waals surface area contributed by atoms with Gasteiger partial charge < -0.3 is 10.3 Å². The first-order valence-corrected chi connectivity index (χ1v) is 8.38. The van der Waals surface area contributed by atoms with E-state index in [0.717, 1.165) is 36.9 Å². The van der Waals surface area contributed by atoms with E-state index in [-0.39, 0.29) is 5.54 Å². The normalized spacial score (nSPS) is 24.4. The van der Waals surface area contributed by atoms with E-state index in [1.165, 1.54) is 57.8 Å². The summed E-state index contributed by atoms with van der Waals surface area (Å²) in [5, 5.41) is 4.21. The van der Waals surface area contributed by atoms with Gasteiger partial charge in [0, 0.05) is 6.42 Å². The highest BCUT2D eigenvalue weighted by Gasteiger charge is 2.33. The third kappa shape index (κ3) is 3.22. The number of nitrogens with zero attached hydrogens (tertiary/aromatic N) is 2. The molecule has 2 saturated carbocycles. The third-order valence-corrected chi connectivity index (χ3v) is 5.10. The first kappa shape index (κ1) is 14.1. The fourth-order valence-corrected chi connectivity index (χ4v) is 3.76. The molecule has 1 aromatic rings. The Hall–Kier alpha value is -0.900. The summed E-state index contributed by atoms with van der Waals surface area (Å²) >= 11 is 0. The van der Waals surface area contributed by atoms with Crippen molar-refractivity contribution in [1.82, 2.24) is 10.1 Å². The molecule has 2 fully saturated rings. The summed E-state index contributed by atoms with van der Waals surface area (Å²) in [5.74, 6) is 2.30. The third-order valence-electron chi connectivity index (χ3n) is 5.10. The number of hydrogen-bond donors (Lipinski definition) is 1. The zero-order chi connectivity index (χ0) is 13.8. The Morgan fingerprint density at radius 2 is 1.65 bits per heavy atom. The van der Waals surface area contributed by atoms with Crippen molar-refractivity contribution in [2.24, 2.45) is 11.7 Å². The van der Waals surface area contributed by atoms with Crippen LogP contribution in [-0.4, -0.2) is 10.1 Å². The Balaban J connectivity index is 1.65. The molecule has 0 unspecified atom stereocenters. The van der Waals surface area contributed by atoms with E-state index < -0.39 is 0 Å².